The van der Waals surface area contributed by atoms with Crippen LogP contribution in [0.15, 0.2) is 24.3 Å². The fraction of sp³-hybridized carbons (Fsp3) is 0.667. The predicted molar refractivity (Wildman–Crippen MR) is 106 cm³/mol. The molecule has 1 saturated carbocycles. The number of alkyl halides is 2. The van der Waals surface area contributed by atoms with Crippen molar-refractivity contribution in [3.05, 3.63) is 29.8 Å². The molecule has 28 heavy (non-hydrogen) atoms. The summed E-state index contributed by atoms with van der Waals surface area (Å²) in [6.45, 7) is 6.32. The van der Waals surface area contributed by atoms with Crippen LogP contribution in [-0.4, -0.2) is 35.8 Å². The maximum absolute atomic E-state index is 13.2. The average molecular weight is 398 g/mol. The molecule has 1 aromatic carbocycles. The largest absolute Gasteiger partial charge is 0.444 e. The monoisotopic (exact) mass is 398 g/mol. The number of anilines is 1. The maximum Gasteiger partial charge on any atom is 0.407 e. The van der Waals surface area contributed by atoms with E-state index in [9.17, 15) is 18.7 Å². The summed E-state index contributed by atoms with van der Waals surface area (Å²) in [7, 11) is 0. The van der Waals surface area contributed by atoms with E-state index in [0.29, 0.717) is 32.4 Å². The quantitative estimate of drug-likeness (QED) is 0.613. The van der Waals surface area contributed by atoms with Gasteiger partial charge in [-0.15, -0.1) is 0 Å². The standard InChI is InChI=1S/C21H32F2N2O3/c1-20(2,3)28-19(27)24-12-9-18(26)16-5-4-6-17(13-16)25-14-15-7-10-21(22,23)11-8-15/h4-6,13,15,18,25-26H,7-12,14H2,1-3H3,(H,24,27). The van der Waals surface area contributed by atoms with Crippen molar-refractivity contribution in [1.82, 2.24) is 5.32 Å². The lowest BCUT2D eigenvalue weighted by molar-refractivity contribution is -0.0443. The number of alkyl carbamates (subject to hydrolysis) is 1. The van der Waals surface area contributed by atoms with Crippen LogP contribution in [-0.2, 0) is 4.74 Å². The number of halogens is 2. The Morgan fingerprint density at radius 1 is 1.32 bits per heavy atom. The third-order valence-corrected chi connectivity index (χ3v) is 4.79. The van der Waals surface area contributed by atoms with Crippen LogP contribution >= 0.6 is 0 Å². The summed E-state index contributed by atoms with van der Waals surface area (Å²) in [4.78, 5) is 11.6. The fourth-order valence-corrected chi connectivity index (χ4v) is 3.21. The summed E-state index contributed by atoms with van der Waals surface area (Å²) < 4.78 is 31.6. The molecular weight excluding hydrogens is 366 g/mol. The van der Waals surface area contributed by atoms with E-state index in [1.807, 2.05) is 24.3 Å². The minimum absolute atomic E-state index is 0.0389. The van der Waals surface area contributed by atoms with Crippen molar-refractivity contribution in [2.45, 2.75) is 70.5 Å². The third kappa shape index (κ3) is 8.00. The number of rotatable bonds is 7. The molecule has 0 saturated heterocycles. The number of benzene rings is 1. The molecule has 1 aromatic rings. The number of aliphatic hydroxyl groups is 1. The Labute approximate surface area is 165 Å². The van der Waals surface area contributed by atoms with E-state index in [-0.39, 0.29) is 18.8 Å². The molecule has 5 nitrogen and oxygen atoms in total. The van der Waals surface area contributed by atoms with Crippen LogP contribution in [0, 0.1) is 5.92 Å². The molecule has 1 aliphatic carbocycles. The van der Waals surface area contributed by atoms with Gasteiger partial charge in [-0.3, -0.25) is 0 Å². The van der Waals surface area contributed by atoms with Crippen molar-refractivity contribution in [3.63, 3.8) is 0 Å². The van der Waals surface area contributed by atoms with Gasteiger partial charge in [0, 0.05) is 31.6 Å². The molecule has 1 atom stereocenters. The Morgan fingerprint density at radius 2 is 2.00 bits per heavy atom. The number of amides is 1. The van der Waals surface area contributed by atoms with Crippen molar-refractivity contribution in [3.8, 4) is 0 Å². The molecule has 158 valence electrons. The Kier molecular flexibility index (Phi) is 7.63. The Morgan fingerprint density at radius 3 is 2.64 bits per heavy atom. The van der Waals surface area contributed by atoms with E-state index < -0.39 is 23.7 Å². The molecule has 0 spiro atoms. The number of nitrogens with one attached hydrogen (secondary N) is 2. The highest BCUT2D eigenvalue weighted by molar-refractivity contribution is 5.67. The van der Waals surface area contributed by atoms with E-state index in [2.05, 4.69) is 10.6 Å². The number of carbonyl (C=O) groups excluding carboxylic acids is 1. The number of hydrogen-bond acceptors (Lipinski definition) is 4. The lowest BCUT2D eigenvalue weighted by Gasteiger charge is -2.28. The van der Waals surface area contributed by atoms with Crippen LogP contribution in [0.2, 0.25) is 0 Å². The number of ether oxygens (including phenoxy) is 1. The molecule has 0 heterocycles. The molecule has 0 aromatic heterocycles. The van der Waals surface area contributed by atoms with Gasteiger partial charge in [-0.2, -0.15) is 0 Å². The fourth-order valence-electron chi connectivity index (χ4n) is 3.21. The second-order valence-electron chi connectivity index (χ2n) is 8.54. The van der Waals surface area contributed by atoms with Gasteiger partial charge in [-0.1, -0.05) is 12.1 Å². The molecule has 0 aliphatic heterocycles. The molecule has 1 amide bonds. The molecule has 1 aliphatic rings. The molecule has 1 fully saturated rings. The lowest BCUT2D eigenvalue weighted by Crippen LogP contribution is -2.33. The minimum Gasteiger partial charge on any atom is -0.444 e. The average Bonchev–Trinajstić information content (AvgIpc) is 2.59. The first kappa shape index (κ1) is 22.4. The van der Waals surface area contributed by atoms with Gasteiger partial charge in [0.15, 0.2) is 0 Å². The predicted octanol–water partition coefficient (Wildman–Crippen LogP) is 4.87. The highest BCUT2D eigenvalue weighted by Gasteiger charge is 2.34. The van der Waals surface area contributed by atoms with Gasteiger partial charge < -0.3 is 20.5 Å². The molecular formula is C21H32F2N2O3. The van der Waals surface area contributed by atoms with Crippen LogP contribution in [0.3, 0.4) is 0 Å². The highest BCUT2D eigenvalue weighted by atomic mass is 19.3. The zero-order valence-electron chi connectivity index (χ0n) is 16.9. The van der Waals surface area contributed by atoms with Crippen molar-refractivity contribution in [1.29, 1.82) is 0 Å². The molecule has 3 N–H and O–H groups in total. The van der Waals surface area contributed by atoms with E-state index in [0.717, 1.165) is 11.3 Å². The van der Waals surface area contributed by atoms with Crippen LogP contribution < -0.4 is 10.6 Å². The van der Waals surface area contributed by atoms with E-state index >= 15 is 0 Å². The molecule has 0 bridgehead atoms. The summed E-state index contributed by atoms with van der Waals surface area (Å²) in [6, 6.07) is 7.42. The smallest absolute Gasteiger partial charge is 0.407 e. The van der Waals surface area contributed by atoms with E-state index in [4.69, 9.17) is 4.74 Å². The summed E-state index contributed by atoms with van der Waals surface area (Å²) in [6.07, 6.45) is 0.113. The number of hydrogen-bond donors (Lipinski definition) is 3. The molecule has 7 heteroatoms. The van der Waals surface area contributed by atoms with Gasteiger partial charge in [-0.25, -0.2) is 13.6 Å². The Hall–Kier alpha value is -1.89. The second-order valence-corrected chi connectivity index (χ2v) is 8.54. The third-order valence-electron chi connectivity index (χ3n) is 4.79. The van der Waals surface area contributed by atoms with Crippen molar-refractivity contribution < 1.29 is 23.4 Å². The molecule has 1 unspecified atom stereocenters. The zero-order chi connectivity index (χ0) is 20.8. The first-order valence-corrected chi connectivity index (χ1v) is 9.91. The van der Waals surface area contributed by atoms with Gasteiger partial charge in [0.05, 0.1) is 6.10 Å². The Balaban J connectivity index is 1.76. The van der Waals surface area contributed by atoms with Gasteiger partial charge in [0.2, 0.25) is 5.92 Å². The molecule has 0 radical (unpaired) electrons. The molecule has 2 rings (SSSR count). The summed E-state index contributed by atoms with van der Waals surface area (Å²) in [5, 5.41) is 16.3. The first-order chi connectivity index (χ1) is 13.0. The van der Waals surface area contributed by atoms with Crippen molar-refractivity contribution in [2.75, 3.05) is 18.4 Å². The first-order valence-electron chi connectivity index (χ1n) is 9.91. The second kappa shape index (κ2) is 9.54. The lowest BCUT2D eigenvalue weighted by atomic mass is 9.87. The highest BCUT2D eigenvalue weighted by Crippen LogP contribution is 2.36. The maximum atomic E-state index is 13.2. The van der Waals surface area contributed by atoms with E-state index in [1.165, 1.54) is 0 Å². The SMILES string of the molecule is CC(C)(C)OC(=O)NCCC(O)c1cccc(NCC2CCC(F)(F)CC2)c1. The van der Waals surface area contributed by atoms with Crippen molar-refractivity contribution >= 4 is 11.8 Å². The van der Waals surface area contributed by atoms with Gasteiger partial charge in [-0.05, 0) is 63.6 Å². The van der Waals surface area contributed by atoms with Gasteiger partial charge in [0.25, 0.3) is 0 Å². The number of aliphatic hydroxyl groups excluding tert-OH is 1. The van der Waals surface area contributed by atoms with E-state index in [1.54, 1.807) is 20.8 Å². The summed E-state index contributed by atoms with van der Waals surface area (Å²) in [5.74, 6) is -2.26. The van der Waals surface area contributed by atoms with Crippen LogP contribution in [0.4, 0.5) is 19.3 Å². The summed E-state index contributed by atoms with van der Waals surface area (Å²) in [5.41, 5.74) is 1.04. The zero-order valence-corrected chi connectivity index (χ0v) is 16.9. The van der Waals surface area contributed by atoms with Gasteiger partial charge >= 0.3 is 6.09 Å². The normalized spacial score (nSPS) is 18.4. The Bertz CT molecular complexity index is 637. The van der Waals surface area contributed by atoms with Crippen LogP contribution in [0.1, 0.15) is 64.5 Å². The van der Waals surface area contributed by atoms with Gasteiger partial charge in [0.1, 0.15) is 5.60 Å². The minimum atomic E-state index is -2.51. The van der Waals surface area contributed by atoms with Crippen LogP contribution in [0.5, 0.6) is 0 Å². The topological polar surface area (TPSA) is 70.6 Å². The number of carbonyl (C=O) groups is 1. The van der Waals surface area contributed by atoms with Crippen molar-refractivity contribution in [2.24, 2.45) is 5.92 Å². The van der Waals surface area contributed by atoms with Crippen LogP contribution in [0.25, 0.3) is 0 Å². The summed E-state index contributed by atoms with van der Waals surface area (Å²) >= 11 is 0.